The van der Waals surface area contributed by atoms with E-state index in [-0.39, 0.29) is 17.7 Å². The lowest BCUT2D eigenvalue weighted by atomic mass is 9.99. The average Bonchev–Trinajstić information content (AvgIpc) is 3.22. The molecule has 1 fully saturated rings. The number of fused-ring (bicyclic) bond motifs is 1. The maximum Gasteiger partial charge on any atom is 0.310 e. The summed E-state index contributed by atoms with van der Waals surface area (Å²) in [6, 6.07) is 16.8. The number of carbonyl (C=O) groups excluding carboxylic acids is 2. The second-order valence-electron chi connectivity index (χ2n) is 6.66. The molecule has 0 bridgehead atoms. The number of nitrogens with one attached hydrogen (secondary N) is 1. The Hall–Kier alpha value is -2.88. The number of ether oxygens (including phenoxy) is 1. The highest BCUT2D eigenvalue weighted by atomic mass is 16.5. The Morgan fingerprint density at radius 2 is 1.76 bits per heavy atom. The highest BCUT2D eigenvalue weighted by molar-refractivity contribution is 6.10. The molecule has 126 valence electrons. The van der Waals surface area contributed by atoms with Crippen LogP contribution in [0.2, 0.25) is 0 Å². The molecule has 4 heteroatoms. The van der Waals surface area contributed by atoms with Gasteiger partial charge in [0.2, 0.25) is 5.78 Å². The molecule has 1 heterocycles. The summed E-state index contributed by atoms with van der Waals surface area (Å²) in [5.41, 5.74) is 2.13. The van der Waals surface area contributed by atoms with Gasteiger partial charge in [-0.2, -0.15) is 0 Å². The first-order valence-electron chi connectivity index (χ1n) is 8.51. The normalized spacial score (nSPS) is 20.2. The number of aromatic amines is 1. The first-order valence-corrected chi connectivity index (χ1v) is 8.51. The zero-order valence-electron chi connectivity index (χ0n) is 13.9. The third-order valence-electron chi connectivity index (χ3n) is 4.84. The van der Waals surface area contributed by atoms with E-state index in [9.17, 15) is 9.59 Å². The first kappa shape index (κ1) is 15.6. The maximum atomic E-state index is 13.2. The predicted octanol–water partition coefficient (Wildman–Crippen LogP) is 4.29. The third kappa shape index (κ3) is 2.95. The minimum Gasteiger partial charge on any atom is -0.449 e. The van der Waals surface area contributed by atoms with Gasteiger partial charge in [-0.25, -0.2) is 0 Å². The lowest BCUT2D eigenvalue weighted by Gasteiger charge is -2.17. The van der Waals surface area contributed by atoms with Crippen molar-refractivity contribution in [2.75, 3.05) is 0 Å². The highest BCUT2D eigenvalue weighted by Gasteiger charge is 2.42. The zero-order chi connectivity index (χ0) is 17.4. The maximum absolute atomic E-state index is 13.2. The summed E-state index contributed by atoms with van der Waals surface area (Å²) in [5.74, 6) is -0.228. The highest BCUT2D eigenvalue weighted by Crippen LogP contribution is 2.40. The number of aromatic nitrogens is 1. The molecule has 1 N–H and O–H groups in total. The van der Waals surface area contributed by atoms with Crippen molar-refractivity contribution in [2.45, 2.75) is 19.4 Å². The minimum absolute atomic E-state index is 0.0815. The largest absolute Gasteiger partial charge is 0.449 e. The van der Waals surface area contributed by atoms with Gasteiger partial charge in [-0.05, 0) is 18.4 Å². The van der Waals surface area contributed by atoms with Gasteiger partial charge in [0.05, 0.1) is 5.92 Å². The number of esters is 1. The summed E-state index contributed by atoms with van der Waals surface area (Å²) in [6.45, 7) is 2.02. The number of ketones is 1. The fraction of sp³-hybridized carbons (Fsp3) is 0.238. The summed E-state index contributed by atoms with van der Waals surface area (Å²) in [7, 11) is 0. The van der Waals surface area contributed by atoms with Gasteiger partial charge in [0.25, 0.3) is 0 Å². The molecule has 0 saturated heterocycles. The monoisotopic (exact) mass is 333 g/mol. The Labute approximate surface area is 145 Å². The van der Waals surface area contributed by atoms with Crippen LogP contribution in [-0.4, -0.2) is 16.7 Å². The molecule has 3 aromatic rings. The summed E-state index contributed by atoms with van der Waals surface area (Å²) in [4.78, 5) is 28.6. The van der Waals surface area contributed by atoms with E-state index >= 15 is 0 Å². The molecule has 3 atom stereocenters. The number of rotatable bonds is 5. The summed E-state index contributed by atoms with van der Waals surface area (Å²) in [6.07, 6.45) is 1.61. The number of hydrogen-bond donors (Lipinski definition) is 1. The molecule has 2 aromatic carbocycles. The van der Waals surface area contributed by atoms with Crippen molar-refractivity contribution in [3.05, 3.63) is 71.9 Å². The molecule has 1 saturated carbocycles. The molecular weight excluding hydrogens is 314 g/mol. The Morgan fingerprint density at radius 3 is 2.48 bits per heavy atom. The van der Waals surface area contributed by atoms with Crippen LogP contribution in [0, 0.1) is 11.8 Å². The Bertz CT molecular complexity index is 928. The van der Waals surface area contributed by atoms with E-state index < -0.39 is 6.10 Å². The van der Waals surface area contributed by atoms with Crippen molar-refractivity contribution < 1.29 is 14.3 Å². The smallest absolute Gasteiger partial charge is 0.310 e. The van der Waals surface area contributed by atoms with Crippen LogP contribution in [0.4, 0.5) is 0 Å². The van der Waals surface area contributed by atoms with Crippen LogP contribution in [0.25, 0.3) is 10.9 Å². The summed E-state index contributed by atoms with van der Waals surface area (Å²) < 4.78 is 5.66. The fourth-order valence-electron chi connectivity index (χ4n) is 3.17. The van der Waals surface area contributed by atoms with Crippen molar-refractivity contribution >= 4 is 22.7 Å². The third-order valence-corrected chi connectivity index (χ3v) is 4.84. The lowest BCUT2D eigenvalue weighted by molar-refractivity contribution is -0.149. The standard InChI is InChI=1S/C21H19NO3/c1-13-11-16(13)21(24)25-20(14-7-3-2-4-8-14)19(23)17-12-22-18-10-6-5-9-15(17)18/h2-10,12-13,16,20,22H,11H2,1H3/t13-,16+,20-/m0/s1. The second kappa shape index (κ2) is 6.20. The SMILES string of the molecule is C[C@H]1C[C@H]1C(=O)O[C@H](C(=O)c1c[nH]c2ccccc12)c1ccccc1. The van der Waals surface area contributed by atoms with E-state index in [1.807, 2.05) is 61.5 Å². The van der Waals surface area contributed by atoms with Crippen LogP contribution >= 0.6 is 0 Å². The van der Waals surface area contributed by atoms with Crippen molar-refractivity contribution in [2.24, 2.45) is 11.8 Å². The number of para-hydroxylation sites is 1. The Balaban J connectivity index is 1.69. The minimum atomic E-state index is -0.916. The van der Waals surface area contributed by atoms with E-state index in [1.165, 1.54) is 0 Å². The van der Waals surface area contributed by atoms with Crippen LogP contribution in [0.5, 0.6) is 0 Å². The lowest BCUT2D eigenvalue weighted by Crippen LogP contribution is -2.21. The second-order valence-corrected chi connectivity index (χ2v) is 6.66. The average molecular weight is 333 g/mol. The Morgan fingerprint density at radius 1 is 1.08 bits per heavy atom. The van der Waals surface area contributed by atoms with Gasteiger partial charge in [0, 0.05) is 28.2 Å². The molecule has 1 aliphatic carbocycles. The van der Waals surface area contributed by atoms with E-state index in [4.69, 9.17) is 4.74 Å². The van der Waals surface area contributed by atoms with Crippen molar-refractivity contribution in [1.29, 1.82) is 0 Å². The van der Waals surface area contributed by atoms with Gasteiger partial charge in [-0.15, -0.1) is 0 Å². The fourth-order valence-corrected chi connectivity index (χ4v) is 3.17. The van der Waals surface area contributed by atoms with Crippen molar-refractivity contribution in [1.82, 2.24) is 4.98 Å². The van der Waals surface area contributed by atoms with Crippen LogP contribution in [0.1, 0.15) is 35.4 Å². The summed E-state index contributed by atoms with van der Waals surface area (Å²) in [5, 5.41) is 0.837. The van der Waals surface area contributed by atoms with Gasteiger partial charge in [-0.1, -0.05) is 55.5 Å². The molecule has 0 unspecified atom stereocenters. The van der Waals surface area contributed by atoms with Crippen LogP contribution in [-0.2, 0) is 9.53 Å². The molecule has 4 nitrogen and oxygen atoms in total. The number of Topliss-reactive ketones (excluding diaryl/α,β-unsaturated/α-hetero) is 1. The number of hydrogen-bond acceptors (Lipinski definition) is 3. The zero-order valence-corrected chi connectivity index (χ0v) is 13.9. The van der Waals surface area contributed by atoms with Crippen LogP contribution in [0.15, 0.2) is 60.8 Å². The predicted molar refractivity (Wildman–Crippen MR) is 95.2 cm³/mol. The first-order chi connectivity index (χ1) is 12.1. The number of carbonyl (C=O) groups is 2. The van der Waals surface area contributed by atoms with Crippen LogP contribution < -0.4 is 0 Å². The van der Waals surface area contributed by atoms with Crippen LogP contribution in [0.3, 0.4) is 0 Å². The Kier molecular flexibility index (Phi) is 3.88. The van der Waals surface area contributed by atoms with E-state index in [0.717, 1.165) is 17.3 Å². The van der Waals surface area contributed by atoms with E-state index in [2.05, 4.69) is 4.98 Å². The molecule has 0 radical (unpaired) electrons. The van der Waals surface area contributed by atoms with Crippen molar-refractivity contribution in [3.63, 3.8) is 0 Å². The molecule has 1 aliphatic rings. The molecular formula is C21H19NO3. The quantitative estimate of drug-likeness (QED) is 0.560. The number of H-pyrrole nitrogens is 1. The van der Waals surface area contributed by atoms with E-state index in [1.54, 1.807) is 6.20 Å². The van der Waals surface area contributed by atoms with Gasteiger partial charge in [0.15, 0.2) is 6.10 Å². The molecule has 1 aromatic heterocycles. The van der Waals surface area contributed by atoms with Gasteiger partial charge in [-0.3, -0.25) is 9.59 Å². The van der Waals surface area contributed by atoms with Gasteiger partial charge in [0.1, 0.15) is 0 Å². The van der Waals surface area contributed by atoms with Gasteiger partial charge < -0.3 is 9.72 Å². The molecule has 25 heavy (non-hydrogen) atoms. The van der Waals surface area contributed by atoms with Gasteiger partial charge >= 0.3 is 5.97 Å². The topological polar surface area (TPSA) is 59.2 Å². The molecule has 0 amide bonds. The van der Waals surface area contributed by atoms with Crippen molar-refractivity contribution in [3.8, 4) is 0 Å². The molecule has 4 rings (SSSR count). The summed E-state index contributed by atoms with van der Waals surface area (Å²) >= 11 is 0. The molecule has 0 aliphatic heterocycles. The van der Waals surface area contributed by atoms with E-state index in [0.29, 0.717) is 17.0 Å². The molecule has 0 spiro atoms. The number of benzene rings is 2.